The molecule has 0 saturated carbocycles. The Morgan fingerprint density at radius 3 is 1.90 bits per heavy atom. The highest BCUT2D eigenvalue weighted by atomic mass is 14.8. The number of rotatable bonds is 1. The molecule has 2 N–H and O–H groups in total. The first-order valence-electron chi connectivity index (χ1n) is 13.2. The van der Waals surface area contributed by atoms with E-state index in [2.05, 4.69) is 86.7 Å². The zero-order valence-corrected chi connectivity index (χ0v) is 21.6. The lowest BCUT2D eigenvalue weighted by Gasteiger charge is -1.97. The van der Waals surface area contributed by atoms with Crippen LogP contribution in [0.1, 0.15) is 22.8 Å². The highest BCUT2D eigenvalue weighted by Gasteiger charge is 2.06. The van der Waals surface area contributed by atoms with Crippen molar-refractivity contribution in [2.45, 2.75) is 0 Å². The van der Waals surface area contributed by atoms with Crippen molar-refractivity contribution in [2.24, 2.45) is 0 Å². The van der Waals surface area contributed by atoms with Gasteiger partial charge in [-0.3, -0.25) is 4.98 Å². The number of nitrogens with zero attached hydrogens (tertiary/aromatic N) is 3. The van der Waals surface area contributed by atoms with Gasteiger partial charge >= 0.3 is 0 Å². The average molecular weight is 516 g/mol. The standard InChI is InChI=1S/C26H18N4.C9H7N/c1-2-4-17(5-3-1)25-15-24-14-22-9-8-20(28-22)12-18-6-7-19(27-18)13-21-10-11-23(29-21)16-26(25)30-24;1-2-6-9-8(4-1)5-3-7-10-9/h1-16,28,30H;1-7H. The smallest absolute Gasteiger partial charge is 0.0701 e. The Bertz CT molecular complexity index is 2000. The number of nitrogens with one attached hydrogen (secondary N) is 2. The fourth-order valence-corrected chi connectivity index (χ4v) is 4.89. The van der Waals surface area contributed by atoms with Crippen LogP contribution in [0.2, 0.25) is 0 Å². The van der Waals surface area contributed by atoms with Gasteiger partial charge in [0.1, 0.15) is 0 Å². The van der Waals surface area contributed by atoms with Crippen LogP contribution in [-0.2, 0) is 0 Å². The van der Waals surface area contributed by atoms with Crippen LogP contribution in [0.4, 0.5) is 0 Å². The number of para-hydroxylation sites is 1. The molecule has 0 saturated heterocycles. The van der Waals surface area contributed by atoms with Crippen LogP contribution in [-0.4, -0.2) is 24.9 Å². The molecule has 0 fully saturated rings. The number of pyridine rings is 1. The van der Waals surface area contributed by atoms with Crippen molar-refractivity contribution in [2.75, 3.05) is 0 Å². The highest BCUT2D eigenvalue weighted by molar-refractivity contribution is 5.88. The van der Waals surface area contributed by atoms with E-state index in [1.807, 2.05) is 73.0 Å². The van der Waals surface area contributed by atoms with E-state index in [0.717, 1.165) is 55.9 Å². The molecule has 2 aliphatic heterocycles. The molecule has 0 unspecified atom stereocenters. The van der Waals surface area contributed by atoms with E-state index in [0.29, 0.717) is 0 Å². The summed E-state index contributed by atoms with van der Waals surface area (Å²) in [6.07, 6.45) is 9.91. The Kier molecular flexibility index (Phi) is 6.07. The van der Waals surface area contributed by atoms with Crippen LogP contribution < -0.4 is 0 Å². The summed E-state index contributed by atoms with van der Waals surface area (Å²) in [6.45, 7) is 0. The molecule has 8 rings (SSSR count). The predicted molar refractivity (Wildman–Crippen MR) is 166 cm³/mol. The van der Waals surface area contributed by atoms with Gasteiger partial charge in [-0.25, -0.2) is 9.97 Å². The molecule has 5 nitrogen and oxygen atoms in total. The van der Waals surface area contributed by atoms with Crippen LogP contribution in [0.3, 0.4) is 0 Å². The summed E-state index contributed by atoms with van der Waals surface area (Å²) >= 11 is 0. The summed E-state index contributed by atoms with van der Waals surface area (Å²) in [5.41, 5.74) is 11.2. The fourth-order valence-electron chi connectivity index (χ4n) is 4.89. The third-order valence-corrected chi connectivity index (χ3v) is 6.77. The number of aromatic amines is 2. The summed E-state index contributed by atoms with van der Waals surface area (Å²) in [6, 6.07) is 37.1. The Labute approximate surface area is 231 Å². The van der Waals surface area contributed by atoms with Gasteiger partial charge in [0.25, 0.3) is 0 Å². The van der Waals surface area contributed by atoms with Crippen molar-refractivity contribution >= 4 is 57.3 Å². The summed E-state index contributed by atoms with van der Waals surface area (Å²) in [7, 11) is 0. The van der Waals surface area contributed by atoms with Gasteiger partial charge in [-0.15, -0.1) is 0 Å². The van der Waals surface area contributed by atoms with Crippen LogP contribution in [0, 0.1) is 0 Å². The van der Waals surface area contributed by atoms with Gasteiger partial charge < -0.3 is 9.97 Å². The summed E-state index contributed by atoms with van der Waals surface area (Å²) in [4.78, 5) is 20.6. The maximum atomic E-state index is 4.76. The SMILES string of the molecule is C1=Cc2cc3ccc(cc4cc(-c5ccccc5)c(cc5nc(cc1n2)C=C5)[nH]4)[nH]3.c1ccc2ncccc2c1. The van der Waals surface area contributed by atoms with Crippen molar-refractivity contribution in [3.05, 3.63) is 138 Å². The van der Waals surface area contributed by atoms with Crippen molar-refractivity contribution in [3.8, 4) is 11.1 Å². The lowest BCUT2D eigenvalue weighted by atomic mass is 10.1. The Morgan fingerprint density at radius 1 is 0.475 bits per heavy atom. The second-order valence-electron chi connectivity index (χ2n) is 9.65. The molecular formula is C35H25N5. The largest absolute Gasteiger partial charge is 0.355 e. The van der Waals surface area contributed by atoms with E-state index in [4.69, 9.17) is 4.98 Å². The molecule has 5 heteroatoms. The van der Waals surface area contributed by atoms with E-state index in [-0.39, 0.29) is 0 Å². The van der Waals surface area contributed by atoms with Crippen LogP contribution in [0.25, 0.3) is 68.4 Å². The van der Waals surface area contributed by atoms with Crippen LogP contribution in [0.15, 0.2) is 115 Å². The summed E-state index contributed by atoms with van der Waals surface area (Å²) < 4.78 is 0. The Balaban J connectivity index is 0.000000222. The van der Waals surface area contributed by atoms with Crippen LogP contribution >= 0.6 is 0 Å². The zero-order chi connectivity index (χ0) is 26.7. The number of fused-ring (bicyclic) bond motifs is 9. The molecule has 2 aliphatic rings. The molecule has 8 bridgehead atoms. The lowest BCUT2D eigenvalue weighted by molar-refractivity contribution is 1.28. The van der Waals surface area contributed by atoms with Gasteiger partial charge in [0.2, 0.25) is 0 Å². The maximum absolute atomic E-state index is 4.76. The Hall–Kier alpha value is -5.55. The van der Waals surface area contributed by atoms with Crippen molar-refractivity contribution in [3.63, 3.8) is 0 Å². The molecule has 6 aromatic rings. The summed E-state index contributed by atoms with van der Waals surface area (Å²) in [5.74, 6) is 0. The topological polar surface area (TPSA) is 70.2 Å². The van der Waals surface area contributed by atoms with Gasteiger partial charge in [-0.1, -0.05) is 54.6 Å². The van der Waals surface area contributed by atoms with Crippen molar-refractivity contribution in [1.29, 1.82) is 0 Å². The molecule has 0 atom stereocenters. The minimum absolute atomic E-state index is 0.903. The molecule has 0 amide bonds. The van der Waals surface area contributed by atoms with E-state index in [9.17, 15) is 0 Å². The molecule has 4 aromatic heterocycles. The zero-order valence-electron chi connectivity index (χ0n) is 21.6. The first-order chi connectivity index (χ1) is 19.7. The fraction of sp³-hybridized carbons (Fsp3) is 0. The predicted octanol–water partition coefficient (Wildman–Crippen LogP) is 8.56. The maximum Gasteiger partial charge on any atom is 0.0701 e. The Morgan fingerprint density at radius 2 is 1.12 bits per heavy atom. The number of H-pyrrole nitrogens is 2. The van der Waals surface area contributed by atoms with E-state index < -0.39 is 0 Å². The van der Waals surface area contributed by atoms with Crippen molar-refractivity contribution < 1.29 is 0 Å². The third kappa shape index (κ3) is 5.08. The molecule has 0 spiro atoms. The van der Waals surface area contributed by atoms with E-state index in [1.165, 1.54) is 10.9 Å². The van der Waals surface area contributed by atoms with Gasteiger partial charge in [-0.05, 0) is 84.5 Å². The van der Waals surface area contributed by atoms with Crippen LogP contribution in [0.5, 0.6) is 0 Å². The van der Waals surface area contributed by atoms with Gasteiger partial charge in [0.15, 0.2) is 0 Å². The van der Waals surface area contributed by atoms with Gasteiger partial charge in [0.05, 0.1) is 28.3 Å². The minimum Gasteiger partial charge on any atom is -0.355 e. The molecule has 0 aliphatic carbocycles. The molecule has 6 heterocycles. The number of aromatic nitrogens is 5. The van der Waals surface area contributed by atoms with E-state index >= 15 is 0 Å². The lowest BCUT2D eigenvalue weighted by Crippen LogP contribution is -1.78. The molecule has 2 aromatic carbocycles. The minimum atomic E-state index is 0.903. The molecule has 0 radical (unpaired) electrons. The normalized spacial score (nSPS) is 11.8. The first-order valence-corrected chi connectivity index (χ1v) is 13.2. The second kappa shape index (κ2) is 10.3. The first kappa shape index (κ1) is 23.6. The molecule has 40 heavy (non-hydrogen) atoms. The second-order valence-corrected chi connectivity index (χ2v) is 9.65. The highest BCUT2D eigenvalue weighted by Crippen LogP contribution is 2.27. The third-order valence-electron chi connectivity index (χ3n) is 6.77. The van der Waals surface area contributed by atoms with Crippen molar-refractivity contribution in [1.82, 2.24) is 24.9 Å². The van der Waals surface area contributed by atoms with E-state index in [1.54, 1.807) is 0 Å². The average Bonchev–Trinajstić information content (AvgIpc) is 3.80. The van der Waals surface area contributed by atoms with Gasteiger partial charge in [0, 0.05) is 39.2 Å². The molecule has 190 valence electrons. The molecular weight excluding hydrogens is 490 g/mol. The monoisotopic (exact) mass is 515 g/mol. The summed E-state index contributed by atoms with van der Waals surface area (Å²) in [5, 5.41) is 1.20. The number of hydrogen-bond acceptors (Lipinski definition) is 3. The number of benzene rings is 2. The van der Waals surface area contributed by atoms with Gasteiger partial charge in [-0.2, -0.15) is 0 Å². The number of hydrogen-bond donors (Lipinski definition) is 2. The quantitative estimate of drug-likeness (QED) is 0.230.